The average Bonchev–Trinajstić information content (AvgIpc) is 2.76. The molecule has 1 rings (SSSR count). The lowest BCUT2D eigenvalue weighted by molar-refractivity contribution is 0.423. The first-order chi connectivity index (χ1) is 8.52. The first kappa shape index (κ1) is 14.2. The number of aryl methyl sites for hydroxylation is 1. The van der Waals surface area contributed by atoms with Crippen LogP contribution in [-0.2, 0) is 10.0 Å². The summed E-state index contributed by atoms with van der Waals surface area (Å²) in [5.41, 5.74) is 0. The number of nitriles is 2. The lowest BCUT2D eigenvalue weighted by atomic mass is 10.4. The second kappa shape index (κ2) is 6.15. The van der Waals surface area contributed by atoms with E-state index in [1.807, 2.05) is 12.1 Å². The molecule has 96 valence electrons. The van der Waals surface area contributed by atoms with Crippen LogP contribution in [-0.4, -0.2) is 35.8 Å². The van der Waals surface area contributed by atoms with E-state index in [2.05, 4.69) is 9.97 Å². The van der Waals surface area contributed by atoms with Gasteiger partial charge in [-0.15, -0.1) is 0 Å². The number of hydrogen-bond acceptors (Lipinski definition) is 5. The highest BCUT2D eigenvalue weighted by atomic mass is 32.2. The molecule has 0 bridgehead atoms. The Morgan fingerprint density at radius 1 is 1.33 bits per heavy atom. The van der Waals surface area contributed by atoms with Gasteiger partial charge in [0.1, 0.15) is 5.82 Å². The van der Waals surface area contributed by atoms with Crippen LogP contribution in [0.15, 0.2) is 11.2 Å². The number of nitrogens with zero attached hydrogens (tertiary/aromatic N) is 4. The van der Waals surface area contributed by atoms with Gasteiger partial charge in [-0.2, -0.15) is 14.8 Å². The Balaban J connectivity index is 2.96. The maximum Gasteiger partial charge on any atom is 0.260 e. The number of imidazole rings is 1. The summed E-state index contributed by atoms with van der Waals surface area (Å²) < 4.78 is 25.5. The molecule has 0 saturated carbocycles. The molecule has 0 saturated heterocycles. The summed E-state index contributed by atoms with van der Waals surface area (Å²) in [7, 11) is -3.71. The number of H-pyrrole nitrogens is 1. The van der Waals surface area contributed by atoms with Crippen LogP contribution < -0.4 is 0 Å². The van der Waals surface area contributed by atoms with Gasteiger partial charge in [-0.05, 0) is 6.92 Å². The molecule has 18 heavy (non-hydrogen) atoms. The Labute approximate surface area is 106 Å². The molecule has 0 aromatic carbocycles. The molecule has 0 aliphatic rings. The zero-order valence-electron chi connectivity index (χ0n) is 9.92. The van der Waals surface area contributed by atoms with Crippen molar-refractivity contribution in [3.8, 4) is 12.1 Å². The maximum atomic E-state index is 12.2. The Morgan fingerprint density at radius 3 is 2.28 bits per heavy atom. The number of rotatable bonds is 6. The van der Waals surface area contributed by atoms with Gasteiger partial charge in [-0.25, -0.2) is 13.4 Å². The van der Waals surface area contributed by atoms with Crippen molar-refractivity contribution in [2.75, 3.05) is 13.1 Å². The minimum Gasteiger partial charge on any atom is -0.332 e. The average molecular weight is 267 g/mol. The van der Waals surface area contributed by atoms with E-state index in [0.29, 0.717) is 5.82 Å². The van der Waals surface area contributed by atoms with E-state index < -0.39 is 10.0 Å². The van der Waals surface area contributed by atoms with Crippen molar-refractivity contribution in [2.45, 2.75) is 24.8 Å². The Bertz CT molecular complexity index is 560. The highest BCUT2D eigenvalue weighted by Crippen LogP contribution is 2.14. The van der Waals surface area contributed by atoms with Gasteiger partial charge in [0.15, 0.2) is 5.03 Å². The topological polar surface area (TPSA) is 114 Å². The van der Waals surface area contributed by atoms with E-state index in [1.54, 1.807) is 6.92 Å². The van der Waals surface area contributed by atoms with Crippen LogP contribution in [0, 0.1) is 29.6 Å². The van der Waals surface area contributed by atoms with Gasteiger partial charge in [0.2, 0.25) is 0 Å². The molecule has 8 heteroatoms. The molecule has 0 radical (unpaired) electrons. The number of hydrogen-bond donors (Lipinski definition) is 1. The molecule has 1 N–H and O–H groups in total. The van der Waals surface area contributed by atoms with Crippen molar-refractivity contribution in [3.05, 3.63) is 12.0 Å². The first-order valence-electron chi connectivity index (χ1n) is 5.28. The van der Waals surface area contributed by atoms with Crippen LogP contribution >= 0.6 is 0 Å². The minimum atomic E-state index is -3.71. The largest absolute Gasteiger partial charge is 0.332 e. The zero-order chi connectivity index (χ0) is 13.6. The van der Waals surface area contributed by atoms with Gasteiger partial charge < -0.3 is 4.98 Å². The van der Waals surface area contributed by atoms with Crippen molar-refractivity contribution in [1.82, 2.24) is 14.3 Å². The monoisotopic (exact) mass is 267 g/mol. The van der Waals surface area contributed by atoms with E-state index in [0.717, 1.165) is 4.31 Å². The smallest absolute Gasteiger partial charge is 0.260 e. The van der Waals surface area contributed by atoms with Crippen LogP contribution in [0.1, 0.15) is 18.7 Å². The van der Waals surface area contributed by atoms with E-state index in [1.165, 1.54) is 6.20 Å². The van der Waals surface area contributed by atoms with Crippen molar-refractivity contribution >= 4 is 10.0 Å². The molecular weight excluding hydrogens is 254 g/mol. The predicted molar refractivity (Wildman–Crippen MR) is 62.5 cm³/mol. The van der Waals surface area contributed by atoms with Gasteiger partial charge in [0.25, 0.3) is 10.0 Å². The van der Waals surface area contributed by atoms with Gasteiger partial charge in [0.05, 0.1) is 18.3 Å². The third kappa shape index (κ3) is 3.29. The van der Waals surface area contributed by atoms with E-state index >= 15 is 0 Å². The molecule has 0 fully saturated rings. The lowest BCUT2D eigenvalue weighted by Gasteiger charge is -2.18. The highest BCUT2D eigenvalue weighted by molar-refractivity contribution is 7.89. The van der Waals surface area contributed by atoms with Crippen LogP contribution in [0.3, 0.4) is 0 Å². The molecule has 0 amide bonds. The molecule has 1 aromatic rings. The summed E-state index contributed by atoms with van der Waals surface area (Å²) in [6, 6.07) is 3.78. The number of nitrogens with one attached hydrogen (secondary N) is 1. The third-order valence-electron chi connectivity index (χ3n) is 2.24. The van der Waals surface area contributed by atoms with Crippen molar-refractivity contribution in [3.63, 3.8) is 0 Å². The number of sulfonamides is 1. The second-order valence-corrected chi connectivity index (χ2v) is 5.46. The van der Waals surface area contributed by atoms with Crippen LogP contribution in [0.2, 0.25) is 0 Å². The second-order valence-electron chi connectivity index (χ2n) is 3.55. The fourth-order valence-corrected chi connectivity index (χ4v) is 2.77. The summed E-state index contributed by atoms with van der Waals surface area (Å²) in [6.07, 6.45) is 1.39. The first-order valence-corrected chi connectivity index (χ1v) is 6.72. The highest BCUT2D eigenvalue weighted by Gasteiger charge is 2.25. The van der Waals surface area contributed by atoms with Crippen molar-refractivity contribution < 1.29 is 8.42 Å². The lowest BCUT2D eigenvalue weighted by Crippen LogP contribution is -2.33. The van der Waals surface area contributed by atoms with Crippen LogP contribution in [0.5, 0.6) is 0 Å². The normalized spacial score (nSPS) is 11.1. The zero-order valence-corrected chi connectivity index (χ0v) is 10.7. The number of aromatic amines is 1. The summed E-state index contributed by atoms with van der Waals surface area (Å²) in [4.78, 5) is 6.48. The molecule has 0 atom stereocenters. The minimum absolute atomic E-state index is 0.0177. The van der Waals surface area contributed by atoms with E-state index in [4.69, 9.17) is 10.5 Å². The third-order valence-corrected chi connectivity index (χ3v) is 4.05. The molecule has 1 aromatic heterocycles. The fraction of sp³-hybridized carbons (Fsp3) is 0.500. The van der Waals surface area contributed by atoms with Gasteiger partial charge >= 0.3 is 0 Å². The molecule has 7 nitrogen and oxygen atoms in total. The Kier molecular flexibility index (Phi) is 4.84. The van der Waals surface area contributed by atoms with E-state index in [9.17, 15) is 8.42 Å². The molecule has 0 aliphatic heterocycles. The molecule has 1 heterocycles. The van der Waals surface area contributed by atoms with Gasteiger partial charge in [0, 0.05) is 25.9 Å². The molecule has 0 aliphatic carbocycles. The Hall–Kier alpha value is -1.90. The van der Waals surface area contributed by atoms with E-state index in [-0.39, 0.29) is 31.0 Å². The number of aromatic nitrogens is 2. The summed E-state index contributed by atoms with van der Waals surface area (Å²) in [6.45, 7) is 1.78. The molecule has 0 spiro atoms. The predicted octanol–water partition coefficient (Wildman–Crippen LogP) is 0.536. The SMILES string of the molecule is Cc1ncc(S(=O)(=O)N(CCC#N)CCC#N)[nH]1. The summed E-state index contributed by atoms with van der Waals surface area (Å²) in [5, 5.41) is 17.0. The molecular formula is C10H13N5O2S. The standard InChI is InChI=1S/C10H13N5O2S/c1-9-13-8-10(14-9)18(16,17)15(6-2-4-11)7-3-5-12/h8H,2-3,6-7H2,1H3,(H,13,14). The van der Waals surface area contributed by atoms with Gasteiger partial charge in [-0.1, -0.05) is 0 Å². The van der Waals surface area contributed by atoms with Crippen LogP contribution in [0.25, 0.3) is 0 Å². The quantitative estimate of drug-likeness (QED) is 0.807. The van der Waals surface area contributed by atoms with Crippen molar-refractivity contribution in [1.29, 1.82) is 10.5 Å². The van der Waals surface area contributed by atoms with Crippen LogP contribution in [0.4, 0.5) is 0 Å². The maximum absolute atomic E-state index is 12.2. The summed E-state index contributed by atoms with van der Waals surface area (Å²) in [5.74, 6) is 0.495. The summed E-state index contributed by atoms with van der Waals surface area (Å²) >= 11 is 0. The Morgan fingerprint density at radius 2 is 1.89 bits per heavy atom. The molecule has 0 unspecified atom stereocenters. The fourth-order valence-electron chi connectivity index (χ4n) is 1.37. The van der Waals surface area contributed by atoms with Gasteiger partial charge in [-0.3, -0.25) is 0 Å². The van der Waals surface area contributed by atoms with Crippen molar-refractivity contribution in [2.24, 2.45) is 0 Å².